The lowest BCUT2D eigenvalue weighted by Crippen LogP contribution is -2.50. The quantitative estimate of drug-likeness (QED) is 0.792. The summed E-state index contributed by atoms with van der Waals surface area (Å²) < 4.78 is 0. The van der Waals surface area contributed by atoms with Crippen molar-refractivity contribution in [1.29, 1.82) is 0 Å². The molecular weight excluding hydrogens is 264 g/mol. The van der Waals surface area contributed by atoms with Gasteiger partial charge in [-0.05, 0) is 39.7 Å². The minimum Gasteiger partial charge on any atom is -0.353 e. The molecule has 0 aliphatic heterocycles. The lowest BCUT2D eigenvalue weighted by molar-refractivity contribution is -0.142. The molecule has 2 unspecified atom stereocenters. The van der Waals surface area contributed by atoms with Crippen LogP contribution in [0.3, 0.4) is 0 Å². The molecule has 1 aromatic rings. The van der Waals surface area contributed by atoms with Crippen molar-refractivity contribution in [3.05, 3.63) is 35.9 Å². The molecule has 0 saturated carbocycles. The standard InChI is InChI=1S/C17H26N2O2/c1-6-12(2)18-15(20)17(4,5)16(21)19-13(3)14-10-8-7-9-11-14/h7-13H,6H2,1-5H3,(H,18,20)(H,19,21). The average Bonchev–Trinajstić information content (AvgIpc) is 2.47. The van der Waals surface area contributed by atoms with Crippen LogP contribution in [0.15, 0.2) is 30.3 Å². The summed E-state index contributed by atoms with van der Waals surface area (Å²) in [5.74, 6) is -0.505. The van der Waals surface area contributed by atoms with Crippen molar-refractivity contribution >= 4 is 11.8 Å². The van der Waals surface area contributed by atoms with Crippen LogP contribution in [0.2, 0.25) is 0 Å². The third-order valence-corrected chi connectivity index (χ3v) is 3.77. The van der Waals surface area contributed by atoms with Crippen LogP contribution in [-0.2, 0) is 9.59 Å². The summed E-state index contributed by atoms with van der Waals surface area (Å²) >= 11 is 0. The van der Waals surface area contributed by atoms with Gasteiger partial charge in [-0.1, -0.05) is 37.3 Å². The van der Waals surface area contributed by atoms with Crippen LogP contribution in [0, 0.1) is 5.41 Å². The summed E-state index contributed by atoms with van der Waals surface area (Å²) in [5, 5.41) is 5.77. The molecule has 1 rings (SSSR count). The zero-order chi connectivity index (χ0) is 16.0. The Hall–Kier alpha value is -1.84. The predicted octanol–water partition coefficient (Wildman–Crippen LogP) is 2.80. The monoisotopic (exact) mass is 290 g/mol. The largest absolute Gasteiger partial charge is 0.353 e. The van der Waals surface area contributed by atoms with Gasteiger partial charge in [-0.15, -0.1) is 0 Å². The Bertz CT molecular complexity index is 483. The number of carbonyl (C=O) groups is 2. The molecule has 4 nitrogen and oxygen atoms in total. The van der Waals surface area contributed by atoms with Crippen LogP contribution in [0.1, 0.15) is 52.6 Å². The van der Waals surface area contributed by atoms with Gasteiger partial charge in [-0.3, -0.25) is 9.59 Å². The van der Waals surface area contributed by atoms with Crippen LogP contribution < -0.4 is 10.6 Å². The summed E-state index contributed by atoms with van der Waals surface area (Å²) in [4.78, 5) is 24.6. The summed E-state index contributed by atoms with van der Waals surface area (Å²) in [6, 6.07) is 9.64. The van der Waals surface area contributed by atoms with Crippen LogP contribution in [0.4, 0.5) is 0 Å². The van der Waals surface area contributed by atoms with E-state index in [1.54, 1.807) is 13.8 Å². The molecular formula is C17H26N2O2. The van der Waals surface area contributed by atoms with Gasteiger partial charge in [-0.2, -0.15) is 0 Å². The molecule has 0 radical (unpaired) electrons. The van der Waals surface area contributed by atoms with Crippen molar-refractivity contribution in [2.45, 2.75) is 53.1 Å². The summed E-state index contributed by atoms with van der Waals surface area (Å²) in [6.07, 6.45) is 0.837. The normalized spacial score (nSPS) is 14.1. The Labute approximate surface area is 127 Å². The molecule has 2 amide bonds. The molecule has 21 heavy (non-hydrogen) atoms. The van der Waals surface area contributed by atoms with Gasteiger partial charge in [0.2, 0.25) is 11.8 Å². The van der Waals surface area contributed by atoms with Crippen LogP contribution in [-0.4, -0.2) is 17.9 Å². The molecule has 116 valence electrons. The highest BCUT2D eigenvalue weighted by Crippen LogP contribution is 2.19. The van der Waals surface area contributed by atoms with Gasteiger partial charge in [0.05, 0.1) is 6.04 Å². The number of rotatable bonds is 6. The Morgan fingerprint density at radius 2 is 1.57 bits per heavy atom. The first-order chi connectivity index (χ1) is 9.78. The van der Waals surface area contributed by atoms with E-state index in [2.05, 4.69) is 10.6 Å². The Morgan fingerprint density at radius 1 is 1.05 bits per heavy atom. The number of hydrogen-bond donors (Lipinski definition) is 2. The zero-order valence-corrected chi connectivity index (χ0v) is 13.6. The minimum atomic E-state index is -1.09. The molecule has 0 saturated heterocycles. The zero-order valence-electron chi connectivity index (χ0n) is 13.6. The maximum Gasteiger partial charge on any atom is 0.235 e. The summed E-state index contributed by atoms with van der Waals surface area (Å²) in [5.41, 5.74) is -0.0732. The highest BCUT2D eigenvalue weighted by Gasteiger charge is 2.37. The first kappa shape index (κ1) is 17.2. The minimum absolute atomic E-state index is 0.0659. The Balaban J connectivity index is 2.71. The smallest absolute Gasteiger partial charge is 0.235 e. The van der Waals surface area contributed by atoms with Gasteiger partial charge in [0.15, 0.2) is 0 Å². The lowest BCUT2D eigenvalue weighted by atomic mass is 9.90. The Kier molecular flexibility index (Phi) is 5.94. The molecule has 4 heteroatoms. The molecule has 0 bridgehead atoms. The van der Waals surface area contributed by atoms with Gasteiger partial charge in [0.1, 0.15) is 5.41 Å². The second-order valence-electron chi connectivity index (χ2n) is 6.01. The van der Waals surface area contributed by atoms with E-state index in [4.69, 9.17) is 0 Å². The first-order valence-corrected chi connectivity index (χ1v) is 7.46. The van der Waals surface area contributed by atoms with Gasteiger partial charge >= 0.3 is 0 Å². The molecule has 0 heterocycles. The average molecular weight is 290 g/mol. The Morgan fingerprint density at radius 3 is 2.10 bits per heavy atom. The van der Waals surface area contributed by atoms with Crippen molar-refractivity contribution in [3.63, 3.8) is 0 Å². The molecule has 0 aliphatic carbocycles. The van der Waals surface area contributed by atoms with Gasteiger partial charge in [-0.25, -0.2) is 0 Å². The van der Waals surface area contributed by atoms with E-state index in [0.29, 0.717) is 0 Å². The van der Waals surface area contributed by atoms with E-state index in [0.717, 1.165) is 12.0 Å². The fraction of sp³-hybridized carbons (Fsp3) is 0.529. The molecule has 2 atom stereocenters. The van der Waals surface area contributed by atoms with E-state index in [1.165, 1.54) is 0 Å². The van der Waals surface area contributed by atoms with E-state index in [1.807, 2.05) is 51.1 Å². The number of nitrogens with one attached hydrogen (secondary N) is 2. The number of benzene rings is 1. The third-order valence-electron chi connectivity index (χ3n) is 3.77. The molecule has 2 N–H and O–H groups in total. The lowest BCUT2D eigenvalue weighted by Gasteiger charge is -2.26. The summed E-state index contributed by atoms with van der Waals surface area (Å²) in [7, 11) is 0. The van der Waals surface area contributed by atoms with Crippen LogP contribution >= 0.6 is 0 Å². The van der Waals surface area contributed by atoms with Crippen molar-refractivity contribution in [1.82, 2.24) is 10.6 Å². The van der Waals surface area contributed by atoms with E-state index >= 15 is 0 Å². The van der Waals surface area contributed by atoms with Crippen molar-refractivity contribution in [2.75, 3.05) is 0 Å². The van der Waals surface area contributed by atoms with Gasteiger partial charge < -0.3 is 10.6 Å². The fourth-order valence-electron chi connectivity index (χ4n) is 1.81. The maximum atomic E-state index is 12.4. The SMILES string of the molecule is CCC(C)NC(=O)C(C)(C)C(=O)NC(C)c1ccccc1. The molecule has 0 aromatic heterocycles. The second kappa shape index (κ2) is 7.25. The third kappa shape index (κ3) is 4.59. The highest BCUT2D eigenvalue weighted by atomic mass is 16.2. The maximum absolute atomic E-state index is 12.4. The van der Waals surface area contributed by atoms with Crippen molar-refractivity contribution < 1.29 is 9.59 Å². The van der Waals surface area contributed by atoms with Gasteiger partial charge in [0.25, 0.3) is 0 Å². The predicted molar refractivity (Wildman–Crippen MR) is 84.7 cm³/mol. The number of hydrogen-bond acceptors (Lipinski definition) is 2. The van der Waals surface area contributed by atoms with Gasteiger partial charge in [0, 0.05) is 6.04 Å². The van der Waals surface area contributed by atoms with Crippen LogP contribution in [0.25, 0.3) is 0 Å². The first-order valence-electron chi connectivity index (χ1n) is 7.46. The second-order valence-corrected chi connectivity index (χ2v) is 6.01. The fourth-order valence-corrected chi connectivity index (χ4v) is 1.81. The molecule has 1 aromatic carbocycles. The summed E-state index contributed by atoms with van der Waals surface area (Å²) in [6.45, 7) is 9.14. The molecule has 0 aliphatic rings. The topological polar surface area (TPSA) is 58.2 Å². The molecule has 0 fully saturated rings. The number of carbonyl (C=O) groups excluding carboxylic acids is 2. The van der Waals surface area contributed by atoms with Crippen LogP contribution in [0.5, 0.6) is 0 Å². The van der Waals surface area contributed by atoms with E-state index < -0.39 is 5.41 Å². The van der Waals surface area contributed by atoms with Crippen molar-refractivity contribution in [3.8, 4) is 0 Å². The molecule has 0 spiro atoms. The van der Waals surface area contributed by atoms with Crippen molar-refractivity contribution in [2.24, 2.45) is 5.41 Å². The number of amides is 2. The van der Waals surface area contributed by atoms with E-state index in [9.17, 15) is 9.59 Å². The van der Waals surface area contributed by atoms with E-state index in [-0.39, 0.29) is 23.9 Å². The highest BCUT2D eigenvalue weighted by molar-refractivity contribution is 6.04.